The van der Waals surface area contributed by atoms with Crippen LogP contribution in [0.3, 0.4) is 0 Å². The number of fused-ring (bicyclic) bond motifs is 1. The molecule has 64 valence electrons. The highest BCUT2D eigenvalue weighted by Gasteiger charge is 2.21. The smallest absolute Gasteiger partial charge is 0.151 e. The molecule has 0 radical (unpaired) electrons. The van der Waals surface area contributed by atoms with Crippen molar-refractivity contribution in [3.63, 3.8) is 0 Å². The molecular weight excluding hydrogens is 239 g/mol. The van der Waals surface area contributed by atoms with Gasteiger partial charge in [-0.15, -0.1) is 0 Å². The predicted octanol–water partition coefficient (Wildman–Crippen LogP) is 3.21. The van der Waals surface area contributed by atoms with Gasteiger partial charge in [0.05, 0.1) is 16.6 Å². The van der Waals surface area contributed by atoms with E-state index in [1.807, 2.05) is 0 Å². The first-order valence-electron chi connectivity index (χ1n) is 3.77. The van der Waals surface area contributed by atoms with E-state index in [1.54, 1.807) is 7.11 Å². The summed E-state index contributed by atoms with van der Waals surface area (Å²) in [5.74, 6) is 0.759. The van der Waals surface area contributed by atoms with Crippen molar-refractivity contribution >= 4 is 27.5 Å². The summed E-state index contributed by atoms with van der Waals surface area (Å²) in [4.78, 5) is 0. The normalized spacial score (nSPS) is 13.6. The van der Waals surface area contributed by atoms with E-state index in [4.69, 9.17) is 16.3 Å². The largest absolute Gasteiger partial charge is 0.494 e. The number of hydrogen-bond acceptors (Lipinski definition) is 1. The molecule has 1 nitrogen and oxygen atoms in total. The first-order valence-corrected chi connectivity index (χ1v) is 4.95. The van der Waals surface area contributed by atoms with E-state index in [1.165, 1.54) is 11.1 Å². The molecule has 3 heteroatoms. The average Bonchev–Trinajstić information content (AvgIpc) is 1.97. The Kier molecular flexibility index (Phi) is 2.05. The van der Waals surface area contributed by atoms with E-state index in [2.05, 4.69) is 22.0 Å². The molecule has 0 unspecified atom stereocenters. The first-order chi connectivity index (χ1) is 5.74. The maximum Gasteiger partial charge on any atom is 0.151 e. The Labute approximate surface area is 84.8 Å². The van der Waals surface area contributed by atoms with E-state index in [0.29, 0.717) is 0 Å². The number of ether oxygens (including phenoxy) is 1. The van der Waals surface area contributed by atoms with Crippen molar-refractivity contribution in [3.8, 4) is 5.75 Å². The topological polar surface area (TPSA) is 9.23 Å². The fourth-order valence-electron chi connectivity index (χ4n) is 1.45. The van der Waals surface area contributed by atoms with Crippen molar-refractivity contribution < 1.29 is 4.74 Å². The van der Waals surface area contributed by atoms with Crippen LogP contribution in [-0.2, 0) is 12.8 Å². The van der Waals surface area contributed by atoms with E-state index >= 15 is 0 Å². The quantitative estimate of drug-likeness (QED) is 0.740. The molecule has 0 aliphatic heterocycles. The van der Waals surface area contributed by atoms with Crippen LogP contribution in [0.5, 0.6) is 5.75 Å². The average molecular weight is 248 g/mol. The summed E-state index contributed by atoms with van der Waals surface area (Å²) in [7, 11) is 1.64. The van der Waals surface area contributed by atoms with Crippen LogP contribution < -0.4 is 4.74 Å². The zero-order valence-electron chi connectivity index (χ0n) is 6.66. The van der Waals surface area contributed by atoms with Crippen LogP contribution in [0.25, 0.3) is 0 Å². The lowest BCUT2D eigenvalue weighted by Gasteiger charge is -2.22. The fraction of sp³-hybridized carbons (Fsp3) is 0.333. The highest BCUT2D eigenvalue weighted by Crippen LogP contribution is 2.42. The number of methoxy groups -OCH3 is 1. The second-order valence-corrected chi connectivity index (χ2v) is 4.08. The molecule has 0 aromatic heterocycles. The van der Waals surface area contributed by atoms with Gasteiger partial charge in [0.15, 0.2) is 5.75 Å². The van der Waals surface area contributed by atoms with Crippen LogP contribution in [-0.4, -0.2) is 7.11 Å². The molecule has 0 saturated heterocycles. The molecule has 0 heterocycles. The van der Waals surface area contributed by atoms with Crippen molar-refractivity contribution in [1.29, 1.82) is 0 Å². The van der Waals surface area contributed by atoms with E-state index in [9.17, 15) is 0 Å². The van der Waals surface area contributed by atoms with Crippen molar-refractivity contribution in [1.82, 2.24) is 0 Å². The number of benzene rings is 1. The van der Waals surface area contributed by atoms with Crippen molar-refractivity contribution in [3.05, 3.63) is 26.7 Å². The number of hydrogen-bond donors (Lipinski definition) is 0. The lowest BCUT2D eigenvalue weighted by Crippen LogP contribution is -2.09. The van der Waals surface area contributed by atoms with Gasteiger partial charge in [0.25, 0.3) is 0 Å². The maximum atomic E-state index is 6.10. The van der Waals surface area contributed by atoms with Gasteiger partial charge in [0.2, 0.25) is 0 Å². The molecule has 0 fully saturated rings. The Morgan fingerprint density at radius 2 is 2.25 bits per heavy atom. The summed E-state index contributed by atoms with van der Waals surface area (Å²) >= 11 is 9.52. The molecule has 0 saturated carbocycles. The molecule has 2 rings (SSSR count). The standard InChI is InChI=1S/C9H8BrClO/c1-12-9-7(10)4-5-2-3-6(5)8(9)11/h4H,2-3H2,1H3. The van der Waals surface area contributed by atoms with Crippen LogP contribution in [0.1, 0.15) is 11.1 Å². The van der Waals surface area contributed by atoms with Gasteiger partial charge in [-0.05, 0) is 46.0 Å². The Balaban J connectivity index is 2.62. The van der Waals surface area contributed by atoms with Gasteiger partial charge in [-0.3, -0.25) is 0 Å². The lowest BCUT2D eigenvalue weighted by atomic mass is 9.88. The minimum Gasteiger partial charge on any atom is -0.494 e. The molecule has 1 aromatic carbocycles. The maximum absolute atomic E-state index is 6.10. The molecule has 1 aliphatic rings. The summed E-state index contributed by atoms with van der Waals surface area (Å²) in [5, 5.41) is 0.771. The van der Waals surface area contributed by atoms with Crippen LogP contribution in [0.2, 0.25) is 5.02 Å². The fourth-order valence-corrected chi connectivity index (χ4v) is 2.60. The minimum absolute atomic E-state index is 0.759. The Morgan fingerprint density at radius 3 is 2.75 bits per heavy atom. The van der Waals surface area contributed by atoms with Gasteiger partial charge >= 0.3 is 0 Å². The second-order valence-electron chi connectivity index (χ2n) is 2.84. The van der Waals surface area contributed by atoms with Crippen molar-refractivity contribution in [2.75, 3.05) is 7.11 Å². The lowest BCUT2D eigenvalue weighted by molar-refractivity contribution is 0.411. The minimum atomic E-state index is 0.759. The number of halogens is 2. The van der Waals surface area contributed by atoms with Crippen LogP contribution in [0.15, 0.2) is 10.5 Å². The molecule has 1 aliphatic carbocycles. The Hall–Kier alpha value is -0.210. The highest BCUT2D eigenvalue weighted by molar-refractivity contribution is 9.10. The number of aryl methyl sites for hydroxylation is 1. The van der Waals surface area contributed by atoms with Crippen molar-refractivity contribution in [2.24, 2.45) is 0 Å². The number of rotatable bonds is 1. The Bertz CT molecular complexity index is 336. The predicted molar refractivity (Wildman–Crippen MR) is 53.1 cm³/mol. The third-order valence-corrected chi connectivity index (χ3v) is 3.21. The van der Waals surface area contributed by atoms with Crippen LogP contribution in [0.4, 0.5) is 0 Å². The van der Waals surface area contributed by atoms with Gasteiger partial charge in [-0.25, -0.2) is 0 Å². The summed E-state index contributed by atoms with van der Waals surface area (Å²) < 4.78 is 6.12. The van der Waals surface area contributed by atoms with Crippen LogP contribution in [0, 0.1) is 0 Å². The molecule has 0 amide bonds. The second kappa shape index (κ2) is 2.93. The monoisotopic (exact) mass is 246 g/mol. The summed E-state index contributed by atoms with van der Waals surface area (Å²) in [6.07, 6.45) is 2.22. The van der Waals surface area contributed by atoms with Gasteiger partial charge in [0, 0.05) is 0 Å². The van der Waals surface area contributed by atoms with Gasteiger partial charge in [-0.2, -0.15) is 0 Å². The highest BCUT2D eigenvalue weighted by atomic mass is 79.9. The molecule has 1 aromatic rings. The molecule has 0 N–H and O–H groups in total. The first kappa shape index (κ1) is 8.39. The zero-order chi connectivity index (χ0) is 8.72. The SMILES string of the molecule is COc1c(Br)cc2c(c1Cl)CC2. The van der Waals surface area contributed by atoms with E-state index in [0.717, 1.165) is 28.1 Å². The summed E-state index contributed by atoms with van der Waals surface area (Å²) in [6.45, 7) is 0. The van der Waals surface area contributed by atoms with Gasteiger partial charge < -0.3 is 4.74 Å². The molecule has 0 bridgehead atoms. The Morgan fingerprint density at radius 1 is 1.50 bits per heavy atom. The van der Waals surface area contributed by atoms with Crippen molar-refractivity contribution in [2.45, 2.75) is 12.8 Å². The molecule has 0 spiro atoms. The third kappa shape index (κ3) is 1.05. The summed E-state index contributed by atoms with van der Waals surface area (Å²) in [5.41, 5.74) is 2.59. The molecule has 12 heavy (non-hydrogen) atoms. The van der Waals surface area contributed by atoms with Crippen LogP contribution >= 0.6 is 27.5 Å². The van der Waals surface area contributed by atoms with E-state index in [-0.39, 0.29) is 0 Å². The molecular formula is C9H8BrClO. The zero-order valence-corrected chi connectivity index (χ0v) is 9.00. The van der Waals surface area contributed by atoms with Gasteiger partial charge in [0.1, 0.15) is 0 Å². The molecule has 0 atom stereocenters. The van der Waals surface area contributed by atoms with E-state index < -0.39 is 0 Å². The third-order valence-electron chi connectivity index (χ3n) is 2.22. The summed E-state index contributed by atoms with van der Waals surface area (Å²) in [6, 6.07) is 2.09. The van der Waals surface area contributed by atoms with Gasteiger partial charge in [-0.1, -0.05) is 11.6 Å².